The van der Waals surface area contributed by atoms with Crippen molar-refractivity contribution in [1.29, 1.82) is 0 Å². The molecule has 1 saturated heterocycles. The maximum Gasteiger partial charge on any atom is 0.224 e. The molecule has 7 heteroatoms. The number of hydrogen-bond acceptors (Lipinski definition) is 5. The Morgan fingerprint density at radius 2 is 1.78 bits per heavy atom. The second-order valence-corrected chi connectivity index (χ2v) is 8.24. The first kappa shape index (κ1) is 21.6. The van der Waals surface area contributed by atoms with Crippen molar-refractivity contribution in [3.8, 4) is 11.3 Å². The van der Waals surface area contributed by atoms with Crippen LogP contribution in [-0.2, 0) is 16.0 Å². The van der Waals surface area contributed by atoms with Crippen LogP contribution in [0.15, 0.2) is 59.1 Å². The number of carbonyl (C=O) groups is 2. The summed E-state index contributed by atoms with van der Waals surface area (Å²) in [5, 5.41) is 2.92. The van der Waals surface area contributed by atoms with Crippen molar-refractivity contribution in [1.82, 2.24) is 4.98 Å². The van der Waals surface area contributed by atoms with Gasteiger partial charge in [0.25, 0.3) is 0 Å². The lowest BCUT2D eigenvalue weighted by atomic mass is 9.96. The molecule has 3 aromatic rings. The number of anilines is 2. The van der Waals surface area contributed by atoms with Crippen LogP contribution in [0.2, 0.25) is 0 Å². The van der Waals surface area contributed by atoms with Gasteiger partial charge in [0.1, 0.15) is 0 Å². The second kappa shape index (κ2) is 9.68. The lowest BCUT2D eigenvalue weighted by molar-refractivity contribution is -0.122. The molecule has 1 aromatic heterocycles. The van der Waals surface area contributed by atoms with E-state index in [1.165, 1.54) is 5.56 Å². The number of benzene rings is 2. The van der Waals surface area contributed by atoms with Gasteiger partial charge in [-0.25, -0.2) is 4.98 Å². The number of hydrogen-bond donors (Lipinski definition) is 2. The first-order chi connectivity index (χ1) is 15.5. The van der Waals surface area contributed by atoms with Crippen LogP contribution in [0.5, 0.6) is 0 Å². The molecule has 1 fully saturated rings. The number of carbonyl (C=O) groups excluding carboxylic acids is 2. The van der Waals surface area contributed by atoms with E-state index < -0.39 is 0 Å². The second-order valence-electron chi connectivity index (χ2n) is 8.24. The predicted molar refractivity (Wildman–Crippen MR) is 124 cm³/mol. The monoisotopic (exact) mass is 432 g/mol. The number of amides is 2. The Morgan fingerprint density at radius 3 is 2.44 bits per heavy atom. The van der Waals surface area contributed by atoms with Gasteiger partial charge in [-0.3, -0.25) is 9.59 Å². The summed E-state index contributed by atoms with van der Waals surface area (Å²) in [6, 6.07) is 15.8. The molecule has 0 bridgehead atoms. The van der Waals surface area contributed by atoms with Crippen molar-refractivity contribution < 1.29 is 14.0 Å². The molecular formula is C25H28N4O3. The molecule has 2 amide bonds. The van der Waals surface area contributed by atoms with Gasteiger partial charge in [0, 0.05) is 48.8 Å². The lowest BCUT2D eigenvalue weighted by Gasteiger charge is -2.32. The summed E-state index contributed by atoms with van der Waals surface area (Å²) in [6.45, 7) is 3.65. The molecule has 7 nitrogen and oxygen atoms in total. The van der Waals surface area contributed by atoms with E-state index in [0.717, 1.165) is 42.9 Å². The van der Waals surface area contributed by atoms with Gasteiger partial charge in [-0.2, -0.15) is 0 Å². The third-order valence-electron chi connectivity index (χ3n) is 5.87. The van der Waals surface area contributed by atoms with Crippen LogP contribution < -0.4 is 16.0 Å². The summed E-state index contributed by atoms with van der Waals surface area (Å²) in [4.78, 5) is 30.2. The molecule has 2 aromatic carbocycles. The Bertz CT molecular complexity index is 1070. The van der Waals surface area contributed by atoms with E-state index in [9.17, 15) is 9.59 Å². The minimum Gasteiger partial charge on any atom is -0.441 e. The fraction of sp³-hybridized carbons (Fsp3) is 0.320. The quantitative estimate of drug-likeness (QED) is 0.589. The fourth-order valence-electron chi connectivity index (χ4n) is 3.90. The summed E-state index contributed by atoms with van der Waals surface area (Å²) >= 11 is 0. The van der Waals surface area contributed by atoms with E-state index in [-0.39, 0.29) is 24.2 Å². The fourth-order valence-corrected chi connectivity index (χ4v) is 3.90. The Labute approximate surface area is 187 Å². The highest BCUT2D eigenvalue weighted by Gasteiger charge is 2.23. The molecule has 0 spiro atoms. The molecular weight excluding hydrogens is 404 g/mol. The zero-order chi connectivity index (χ0) is 22.5. The molecule has 166 valence electrons. The molecule has 0 saturated carbocycles. The third kappa shape index (κ3) is 5.35. The summed E-state index contributed by atoms with van der Waals surface area (Å²) < 4.78 is 5.79. The van der Waals surface area contributed by atoms with Gasteiger partial charge in [0.2, 0.25) is 11.8 Å². The number of aromatic nitrogens is 1. The van der Waals surface area contributed by atoms with Crippen LogP contribution in [0.25, 0.3) is 11.3 Å². The van der Waals surface area contributed by atoms with Crippen LogP contribution in [0, 0.1) is 12.8 Å². The largest absolute Gasteiger partial charge is 0.441 e. The number of aryl methyl sites for hydroxylation is 2. The molecule has 3 N–H and O–H groups in total. The number of rotatable bonds is 7. The molecule has 2 heterocycles. The first-order valence-electron chi connectivity index (χ1n) is 10.9. The lowest BCUT2D eigenvalue weighted by Crippen LogP contribution is -2.38. The topological polar surface area (TPSA) is 101 Å². The minimum absolute atomic E-state index is 0.0265. The molecule has 4 rings (SSSR count). The van der Waals surface area contributed by atoms with Gasteiger partial charge >= 0.3 is 0 Å². The number of nitrogens with one attached hydrogen (secondary N) is 1. The van der Waals surface area contributed by atoms with Crippen molar-refractivity contribution >= 4 is 23.2 Å². The molecule has 0 radical (unpaired) electrons. The van der Waals surface area contributed by atoms with Gasteiger partial charge in [-0.15, -0.1) is 0 Å². The maximum absolute atomic E-state index is 12.4. The summed E-state index contributed by atoms with van der Waals surface area (Å²) in [5.74, 6) is 0.927. The number of nitrogens with two attached hydrogens (primary N) is 1. The standard InChI is InChI=1S/C25H28N4O3/c1-17-2-4-18(5-3-17)22-16-27-24(32-22)11-10-23(30)28-20-6-8-21(9-7-20)29-14-12-19(13-15-29)25(26)31/h2-9,16,19H,10-15H2,1H3,(H2,26,31)(H,28,30). The Balaban J connectivity index is 1.26. The molecule has 0 aliphatic carbocycles. The average molecular weight is 433 g/mol. The van der Waals surface area contributed by atoms with E-state index in [1.807, 2.05) is 55.5 Å². The maximum atomic E-state index is 12.4. The Morgan fingerprint density at radius 1 is 1.09 bits per heavy atom. The normalized spacial score (nSPS) is 14.3. The Kier molecular flexibility index (Phi) is 6.54. The molecule has 32 heavy (non-hydrogen) atoms. The van der Waals surface area contributed by atoms with E-state index in [1.54, 1.807) is 6.20 Å². The third-order valence-corrected chi connectivity index (χ3v) is 5.87. The molecule has 0 unspecified atom stereocenters. The van der Waals surface area contributed by atoms with Crippen molar-refractivity contribution in [3.63, 3.8) is 0 Å². The molecule has 1 aliphatic heterocycles. The Hall–Kier alpha value is -3.61. The van der Waals surface area contributed by atoms with Crippen LogP contribution in [0.4, 0.5) is 11.4 Å². The van der Waals surface area contributed by atoms with Crippen molar-refractivity contribution in [2.45, 2.75) is 32.6 Å². The number of oxazole rings is 1. The highest BCUT2D eigenvalue weighted by molar-refractivity contribution is 5.91. The highest BCUT2D eigenvalue weighted by Crippen LogP contribution is 2.25. The molecule has 1 aliphatic rings. The minimum atomic E-state index is -0.209. The first-order valence-corrected chi connectivity index (χ1v) is 10.9. The number of nitrogens with zero attached hydrogens (tertiary/aromatic N) is 2. The SMILES string of the molecule is Cc1ccc(-c2cnc(CCC(=O)Nc3ccc(N4CCC(C(N)=O)CC4)cc3)o2)cc1. The highest BCUT2D eigenvalue weighted by atomic mass is 16.4. The van der Waals surface area contributed by atoms with Gasteiger partial charge in [-0.1, -0.05) is 29.8 Å². The van der Waals surface area contributed by atoms with Gasteiger partial charge < -0.3 is 20.4 Å². The smallest absolute Gasteiger partial charge is 0.224 e. The van der Waals surface area contributed by atoms with Crippen molar-refractivity contribution in [3.05, 3.63) is 66.2 Å². The van der Waals surface area contributed by atoms with Crippen molar-refractivity contribution in [2.24, 2.45) is 11.7 Å². The summed E-state index contributed by atoms with van der Waals surface area (Å²) in [5.41, 5.74) is 9.39. The van der Waals surface area contributed by atoms with Crippen LogP contribution in [0.1, 0.15) is 30.7 Å². The predicted octanol–water partition coefficient (Wildman–Crippen LogP) is 3.92. The van der Waals surface area contributed by atoms with E-state index >= 15 is 0 Å². The van der Waals surface area contributed by atoms with E-state index in [4.69, 9.17) is 10.2 Å². The van der Waals surface area contributed by atoms with Crippen LogP contribution in [-0.4, -0.2) is 29.9 Å². The number of piperidine rings is 1. The van der Waals surface area contributed by atoms with Crippen molar-refractivity contribution in [2.75, 3.05) is 23.3 Å². The van der Waals surface area contributed by atoms with E-state index in [0.29, 0.717) is 18.1 Å². The van der Waals surface area contributed by atoms with Gasteiger partial charge in [-0.05, 0) is 44.0 Å². The zero-order valence-corrected chi connectivity index (χ0v) is 18.2. The van der Waals surface area contributed by atoms with Crippen LogP contribution in [0.3, 0.4) is 0 Å². The van der Waals surface area contributed by atoms with Gasteiger partial charge in [0.05, 0.1) is 6.20 Å². The zero-order valence-electron chi connectivity index (χ0n) is 18.2. The average Bonchev–Trinajstić information content (AvgIpc) is 3.28. The summed E-state index contributed by atoms with van der Waals surface area (Å²) in [7, 11) is 0. The van der Waals surface area contributed by atoms with E-state index in [2.05, 4.69) is 15.2 Å². The van der Waals surface area contributed by atoms with Crippen LogP contribution >= 0.6 is 0 Å². The molecule has 0 atom stereocenters. The van der Waals surface area contributed by atoms with Gasteiger partial charge in [0.15, 0.2) is 11.7 Å². The summed E-state index contributed by atoms with van der Waals surface area (Å²) in [6.07, 6.45) is 3.98. The number of primary amides is 1.